The van der Waals surface area contributed by atoms with Gasteiger partial charge < -0.3 is 0 Å². The Morgan fingerprint density at radius 1 is 0.767 bits per heavy atom. The van der Waals surface area contributed by atoms with Gasteiger partial charge in [0.2, 0.25) is 0 Å². The number of thiophene rings is 1. The van der Waals surface area contributed by atoms with Crippen molar-refractivity contribution in [1.29, 1.82) is 0 Å². The van der Waals surface area contributed by atoms with Crippen LogP contribution in [-0.4, -0.2) is 6.21 Å². The average Bonchev–Trinajstić information content (AvgIpc) is 3.31. The Morgan fingerprint density at radius 2 is 1.33 bits per heavy atom. The zero-order valence-corrected chi connectivity index (χ0v) is 20.8. The summed E-state index contributed by atoms with van der Waals surface area (Å²) in [5, 5.41) is 6.17. The van der Waals surface area contributed by atoms with E-state index < -0.39 is 7.92 Å². The quantitative estimate of drug-likeness (QED) is 0.145. The van der Waals surface area contributed by atoms with E-state index in [1.54, 1.807) is 11.3 Å². The third-order valence-electron chi connectivity index (χ3n) is 4.26. The Bertz CT molecular complexity index is 988. The number of rotatable bonds is 6. The second kappa shape index (κ2) is 13.2. The van der Waals surface area contributed by atoms with E-state index in [1.807, 2.05) is 6.21 Å². The van der Waals surface area contributed by atoms with Gasteiger partial charge in [0, 0.05) is 16.7 Å². The van der Waals surface area contributed by atoms with E-state index in [0.29, 0.717) is 0 Å². The molecule has 1 nitrogen and oxygen atoms in total. The van der Waals surface area contributed by atoms with E-state index in [9.17, 15) is 0 Å². The number of halogens is 2. The van der Waals surface area contributed by atoms with Gasteiger partial charge in [-0.15, -0.1) is 11.3 Å². The Kier molecular flexibility index (Phi) is 10.3. The first-order chi connectivity index (χ1) is 14.8. The molecule has 156 valence electrons. The van der Waals surface area contributed by atoms with Crippen LogP contribution in [0.1, 0.15) is 10.4 Å². The number of nitrogens with zero attached hydrogens (tertiary/aromatic N) is 1. The van der Waals surface area contributed by atoms with E-state index in [-0.39, 0.29) is 15.9 Å². The molecule has 0 radical (unpaired) electrons. The Hall–Kier alpha value is -1.30. The van der Waals surface area contributed by atoms with Crippen LogP contribution in [0.25, 0.3) is 0 Å². The number of hydrogen-bond donors (Lipinski definition) is 0. The molecule has 3 aromatic carbocycles. The molecule has 0 aliphatic rings. The van der Waals surface area contributed by atoms with Crippen LogP contribution < -0.4 is 15.9 Å². The van der Waals surface area contributed by atoms with Gasteiger partial charge in [0.25, 0.3) is 0 Å². The summed E-state index contributed by atoms with van der Waals surface area (Å²) < 4.78 is 0. The Balaban J connectivity index is 0.000000806. The van der Waals surface area contributed by atoms with Crippen molar-refractivity contribution in [2.24, 2.45) is 4.99 Å². The summed E-state index contributed by atoms with van der Waals surface area (Å²) in [5.41, 5.74) is 1.20. The normalized spacial score (nSPS) is 10.9. The topological polar surface area (TPSA) is 12.4 Å². The Labute approximate surface area is 199 Å². The van der Waals surface area contributed by atoms with Gasteiger partial charge in [0.15, 0.2) is 0 Å². The van der Waals surface area contributed by atoms with Crippen molar-refractivity contribution in [3.05, 3.63) is 113 Å². The van der Waals surface area contributed by atoms with Crippen LogP contribution in [0.5, 0.6) is 0 Å². The molecule has 0 saturated carbocycles. The molecule has 1 heterocycles. The fraction of sp³-hybridized carbons (Fsp3) is 0.0417. The second-order valence-electron chi connectivity index (χ2n) is 6.16. The molecule has 0 aliphatic heterocycles. The first kappa shape index (κ1) is 23.4. The predicted octanol–water partition coefficient (Wildman–Crippen LogP) is 6.50. The zero-order chi connectivity index (χ0) is 21.0. The number of benzene rings is 3. The molecule has 0 atom stereocenters. The SMILES string of the molecule is C(=NCc1cccs1)c1ccccc1P(c1ccccc1)c1ccccc1.[Cl][Pd][Cl]. The molecular formula is C24H20Cl2NPPdS. The molecule has 4 aromatic rings. The summed E-state index contributed by atoms with van der Waals surface area (Å²) in [4.78, 5) is 6.00. The molecule has 30 heavy (non-hydrogen) atoms. The van der Waals surface area contributed by atoms with E-state index in [0.717, 1.165) is 6.54 Å². The first-order valence-corrected chi connectivity index (χ1v) is 15.4. The van der Waals surface area contributed by atoms with Gasteiger partial charge in [-0.2, -0.15) is 0 Å². The van der Waals surface area contributed by atoms with Crippen molar-refractivity contribution in [1.82, 2.24) is 0 Å². The minimum absolute atomic E-state index is 0.106. The molecule has 4 rings (SSSR count). The van der Waals surface area contributed by atoms with Gasteiger partial charge in [-0.05, 0) is 35.3 Å². The van der Waals surface area contributed by atoms with Crippen molar-refractivity contribution >= 4 is 60.4 Å². The van der Waals surface area contributed by atoms with Crippen LogP contribution in [0.4, 0.5) is 0 Å². The van der Waals surface area contributed by atoms with E-state index in [1.165, 1.54) is 26.4 Å². The van der Waals surface area contributed by atoms with E-state index in [4.69, 9.17) is 24.1 Å². The van der Waals surface area contributed by atoms with Gasteiger partial charge in [-0.3, -0.25) is 4.99 Å². The molecule has 0 spiro atoms. The molecular weight excluding hydrogens is 543 g/mol. The van der Waals surface area contributed by atoms with Crippen LogP contribution in [0.3, 0.4) is 0 Å². The predicted molar refractivity (Wildman–Crippen MR) is 132 cm³/mol. The van der Waals surface area contributed by atoms with Gasteiger partial charge in [-0.1, -0.05) is 91.0 Å². The van der Waals surface area contributed by atoms with Crippen molar-refractivity contribution < 1.29 is 15.9 Å². The third kappa shape index (κ3) is 6.86. The molecule has 0 saturated heterocycles. The monoisotopic (exact) mass is 561 g/mol. The van der Waals surface area contributed by atoms with Gasteiger partial charge >= 0.3 is 35.0 Å². The van der Waals surface area contributed by atoms with Gasteiger partial charge in [0.05, 0.1) is 6.54 Å². The molecule has 0 unspecified atom stereocenters. The molecule has 0 aliphatic carbocycles. The first-order valence-electron chi connectivity index (χ1n) is 9.17. The fourth-order valence-corrected chi connectivity index (χ4v) is 6.08. The average molecular weight is 563 g/mol. The summed E-state index contributed by atoms with van der Waals surface area (Å²) in [6, 6.07) is 34.5. The van der Waals surface area contributed by atoms with Crippen LogP contribution in [0.2, 0.25) is 0 Å². The second-order valence-corrected chi connectivity index (χ2v) is 11.7. The van der Waals surface area contributed by atoms with Crippen LogP contribution in [0, 0.1) is 0 Å². The summed E-state index contributed by atoms with van der Waals surface area (Å²) in [7, 11) is 9.01. The van der Waals surface area contributed by atoms with Crippen LogP contribution >= 0.6 is 38.3 Å². The van der Waals surface area contributed by atoms with Gasteiger partial charge in [-0.25, -0.2) is 0 Å². The van der Waals surface area contributed by atoms with Crippen LogP contribution in [-0.2, 0) is 22.5 Å². The van der Waals surface area contributed by atoms with Crippen molar-refractivity contribution in [2.75, 3.05) is 0 Å². The zero-order valence-electron chi connectivity index (χ0n) is 16.0. The molecule has 6 heteroatoms. The fourth-order valence-electron chi connectivity index (χ4n) is 3.02. The molecule has 0 N–H and O–H groups in total. The number of hydrogen-bond acceptors (Lipinski definition) is 2. The Morgan fingerprint density at radius 3 is 1.90 bits per heavy atom. The summed E-state index contributed by atoms with van der Waals surface area (Å²) >= 11 is 1.65. The molecule has 0 bridgehead atoms. The van der Waals surface area contributed by atoms with Crippen molar-refractivity contribution in [2.45, 2.75) is 6.54 Å². The maximum absolute atomic E-state index is 4.81. The summed E-state index contributed by atoms with van der Waals surface area (Å²) in [6.07, 6.45) is 2.04. The number of aliphatic imine (C=N–C) groups is 1. The van der Waals surface area contributed by atoms with Crippen molar-refractivity contribution in [3.8, 4) is 0 Å². The van der Waals surface area contributed by atoms with Crippen LogP contribution in [0.15, 0.2) is 107 Å². The van der Waals surface area contributed by atoms with E-state index >= 15 is 0 Å². The molecule has 0 fully saturated rings. The third-order valence-corrected chi connectivity index (χ3v) is 7.64. The minimum atomic E-state index is -0.617. The standard InChI is InChI=1S/C24H20NPS.2ClH.Pd/c1-3-11-21(12-4-1)26(22-13-5-2-6-14-22)24-16-8-7-10-20(24)18-25-19-23-15-9-17-27-23;;;/h1-18H,19H2;2*1H;/q;;;+2/p-2. The van der Waals surface area contributed by atoms with E-state index in [2.05, 4.69) is 102 Å². The summed E-state index contributed by atoms with van der Waals surface area (Å²) in [5.74, 6) is 0. The maximum atomic E-state index is 4.81. The molecule has 0 amide bonds. The van der Waals surface area contributed by atoms with Gasteiger partial charge in [0.1, 0.15) is 0 Å². The van der Waals surface area contributed by atoms with Crippen molar-refractivity contribution in [3.63, 3.8) is 0 Å². The molecule has 1 aromatic heterocycles. The summed E-state index contributed by atoms with van der Waals surface area (Å²) in [6.45, 7) is 0.737.